The van der Waals surface area contributed by atoms with Crippen LogP contribution in [0.15, 0.2) is 18.2 Å². The number of amides is 2. The van der Waals surface area contributed by atoms with Crippen LogP contribution in [-0.2, 0) is 6.54 Å². The molecule has 0 bridgehead atoms. The van der Waals surface area contributed by atoms with Gasteiger partial charge in [0.1, 0.15) is 5.75 Å². The van der Waals surface area contributed by atoms with Crippen LogP contribution in [0.25, 0.3) is 0 Å². The first-order valence-electron chi connectivity index (χ1n) is 5.71. The van der Waals surface area contributed by atoms with Crippen molar-refractivity contribution in [2.75, 3.05) is 7.11 Å². The highest BCUT2D eigenvalue weighted by Gasteiger charge is 2.06. The van der Waals surface area contributed by atoms with Crippen LogP contribution >= 0.6 is 0 Å². The number of rotatable bonds is 4. The smallest absolute Gasteiger partial charge is 0.315 e. The zero-order valence-electron chi connectivity index (χ0n) is 10.8. The summed E-state index contributed by atoms with van der Waals surface area (Å²) < 4.78 is 5.24. The van der Waals surface area contributed by atoms with E-state index < -0.39 is 0 Å². The summed E-state index contributed by atoms with van der Waals surface area (Å²) in [5, 5.41) is 5.58. The van der Waals surface area contributed by atoms with Gasteiger partial charge in [-0.3, -0.25) is 0 Å². The van der Waals surface area contributed by atoms with Gasteiger partial charge in [0.05, 0.1) is 7.11 Å². The molecule has 1 aromatic rings. The van der Waals surface area contributed by atoms with Crippen LogP contribution in [0.4, 0.5) is 4.79 Å². The van der Waals surface area contributed by atoms with Crippen LogP contribution in [0.1, 0.15) is 25.0 Å². The minimum Gasteiger partial charge on any atom is -0.496 e. The van der Waals surface area contributed by atoms with Crippen molar-refractivity contribution in [2.24, 2.45) is 0 Å². The minimum absolute atomic E-state index is 0.134. The van der Waals surface area contributed by atoms with Crippen molar-refractivity contribution < 1.29 is 9.53 Å². The van der Waals surface area contributed by atoms with Crippen LogP contribution in [-0.4, -0.2) is 19.2 Å². The molecule has 2 N–H and O–H groups in total. The number of ether oxygens (including phenoxy) is 1. The Morgan fingerprint density at radius 3 is 2.71 bits per heavy atom. The lowest BCUT2D eigenvalue weighted by atomic mass is 10.1. The molecule has 0 heterocycles. The molecule has 1 rings (SSSR count). The Kier molecular flexibility index (Phi) is 4.82. The average Bonchev–Trinajstić information content (AvgIpc) is 2.25. The van der Waals surface area contributed by atoms with E-state index >= 15 is 0 Å². The largest absolute Gasteiger partial charge is 0.496 e. The molecule has 2 amide bonds. The van der Waals surface area contributed by atoms with E-state index in [1.165, 1.54) is 0 Å². The highest BCUT2D eigenvalue weighted by Crippen LogP contribution is 2.19. The summed E-state index contributed by atoms with van der Waals surface area (Å²) in [5.74, 6) is 0.792. The van der Waals surface area contributed by atoms with Gasteiger partial charge in [0.25, 0.3) is 0 Å². The van der Waals surface area contributed by atoms with Gasteiger partial charge in [-0.2, -0.15) is 0 Å². The van der Waals surface area contributed by atoms with Crippen molar-refractivity contribution in [3.8, 4) is 5.75 Å². The number of benzene rings is 1. The van der Waals surface area contributed by atoms with E-state index in [9.17, 15) is 4.79 Å². The molecule has 17 heavy (non-hydrogen) atoms. The molecule has 94 valence electrons. The molecule has 4 heteroatoms. The van der Waals surface area contributed by atoms with E-state index in [-0.39, 0.29) is 12.1 Å². The Labute approximate surface area is 102 Å². The zero-order valence-corrected chi connectivity index (χ0v) is 10.8. The Morgan fingerprint density at radius 1 is 1.41 bits per heavy atom. The van der Waals surface area contributed by atoms with Crippen LogP contribution in [0.2, 0.25) is 0 Å². The molecule has 0 spiro atoms. The lowest BCUT2D eigenvalue weighted by Gasteiger charge is -2.12. The summed E-state index contributed by atoms with van der Waals surface area (Å²) in [4.78, 5) is 11.4. The van der Waals surface area contributed by atoms with E-state index in [1.54, 1.807) is 7.11 Å². The number of carbonyl (C=O) groups is 1. The molecule has 1 aromatic carbocycles. The molecule has 0 saturated carbocycles. The molecule has 0 radical (unpaired) electrons. The van der Waals surface area contributed by atoms with Crippen molar-refractivity contribution in [1.29, 1.82) is 0 Å². The van der Waals surface area contributed by atoms with Crippen molar-refractivity contribution in [3.05, 3.63) is 29.3 Å². The fourth-order valence-electron chi connectivity index (χ4n) is 1.53. The van der Waals surface area contributed by atoms with Crippen LogP contribution in [0.5, 0.6) is 5.75 Å². The number of hydrogen-bond acceptors (Lipinski definition) is 2. The second kappa shape index (κ2) is 6.13. The summed E-state index contributed by atoms with van der Waals surface area (Å²) in [6.07, 6.45) is 0. The third-order valence-corrected chi connectivity index (χ3v) is 2.30. The summed E-state index contributed by atoms with van der Waals surface area (Å²) in [6, 6.07) is 5.87. The maximum Gasteiger partial charge on any atom is 0.315 e. The molecule has 0 aromatic heterocycles. The number of methoxy groups -OCH3 is 1. The summed E-state index contributed by atoms with van der Waals surface area (Å²) in [7, 11) is 1.63. The molecular weight excluding hydrogens is 216 g/mol. The highest BCUT2D eigenvalue weighted by atomic mass is 16.5. The Hall–Kier alpha value is -1.71. The fraction of sp³-hybridized carbons (Fsp3) is 0.462. The van der Waals surface area contributed by atoms with Gasteiger partial charge in [-0.25, -0.2) is 4.79 Å². The van der Waals surface area contributed by atoms with Gasteiger partial charge in [0, 0.05) is 18.2 Å². The summed E-state index contributed by atoms with van der Waals surface area (Å²) in [5.41, 5.74) is 2.12. The van der Waals surface area contributed by atoms with E-state index in [2.05, 4.69) is 10.6 Å². The van der Waals surface area contributed by atoms with Gasteiger partial charge in [0.2, 0.25) is 0 Å². The maximum atomic E-state index is 11.4. The maximum absolute atomic E-state index is 11.4. The van der Waals surface area contributed by atoms with Crippen molar-refractivity contribution >= 4 is 6.03 Å². The Bertz CT molecular complexity index is 389. The third-order valence-electron chi connectivity index (χ3n) is 2.30. The second-order valence-corrected chi connectivity index (χ2v) is 4.30. The van der Waals surface area contributed by atoms with Gasteiger partial charge in [-0.1, -0.05) is 17.7 Å². The quantitative estimate of drug-likeness (QED) is 0.842. The molecule has 0 aliphatic heterocycles. The van der Waals surface area contributed by atoms with Gasteiger partial charge < -0.3 is 15.4 Å². The van der Waals surface area contributed by atoms with Crippen LogP contribution < -0.4 is 15.4 Å². The molecule has 0 saturated heterocycles. The van der Waals surface area contributed by atoms with Crippen molar-refractivity contribution in [2.45, 2.75) is 33.4 Å². The summed E-state index contributed by atoms with van der Waals surface area (Å²) >= 11 is 0. The van der Waals surface area contributed by atoms with Crippen LogP contribution in [0, 0.1) is 6.92 Å². The fourth-order valence-corrected chi connectivity index (χ4v) is 1.53. The monoisotopic (exact) mass is 236 g/mol. The predicted molar refractivity (Wildman–Crippen MR) is 68.2 cm³/mol. The number of nitrogens with one attached hydrogen (secondary N) is 2. The molecule has 0 fully saturated rings. The minimum atomic E-state index is -0.163. The van der Waals surface area contributed by atoms with Crippen molar-refractivity contribution in [1.82, 2.24) is 10.6 Å². The van der Waals surface area contributed by atoms with E-state index in [1.807, 2.05) is 39.0 Å². The average molecular weight is 236 g/mol. The first-order chi connectivity index (χ1) is 8.02. The topological polar surface area (TPSA) is 50.4 Å². The number of urea groups is 1. The molecule has 4 nitrogen and oxygen atoms in total. The van der Waals surface area contributed by atoms with E-state index in [0.29, 0.717) is 6.54 Å². The number of carbonyl (C=O) groups excluding carboxylic acids is 1. The number of hydrogen-bond donors (Lipinski definition) is 2. The van der Waals surface area contributed by atoms with Gasteiger partial charge in [-0.15, -0.1) is 0 Å². The van der Waals surface area contributed by atoms with E-state index in [4.69, 9.17) is 4.74 Å². The Morgan fingerprint density at radius 2 is 2.12 bits per heavy atom. The second-order valence-electron chi connectivity index (χ2n) is 4.30. The van der Waals surface area contributed by atoms with Gasteiger partial charge >= 0.3 is 6.03 Å². The molecule has 0 aliphatic carbocycles. The first kappa shape index (κ1) is 13.4. The summed E-state index contributed by atoms with van der Waals surface area (Å²) in [6.45, 7) is 6.32. The predicted octanol–water partition coefficient (Wildman–Crippen LogP) is 2.21. The molecule has 0 unspecified atom stereocenters. The Balaban J connectivity index is 2.62. The lowest BCUT2D eigenvalue weighted by Crippen LogP contribution is -2.39. The molecule has 0 aliphatic rings. The molecule has 0 atom stereocenters. The molecular formula is C13H20N2O2. The standard InChI is InChI=1S/C13H20N2O2/c1-9(2)15-13(16)14-8-11-7-10(3)5-6-12(11)17-4/h5-7,9H,8H2,1-4H3,(H2,14,15,16). The number of aryl methyl sites for hydroxylation is 1. The zero-order chi connectivity index (χ0) is 12.8. The van der Waals surface area contributed by atoms with Gasteiger partial charge in [0.15, 0.2) is 0 Å². The first-order valence-corrected chi connectivity index (χ1v) is 5.71. The van der Waals surface area contributed by atoms with Crippen molar-refractivity contribution in [3.63, 3.8) is 0 Å². The lowest BCUT2D eigenvalue weighted by molar-refractivity contribution is 0.238. The highest BCUT2D eigenvalue weighted by molar-refractivity contribution is 5.74. The van der Waals surface area contributed by atoms with Gasteiger partial charge in [-0.05, 0) is 26.8 Å². The van der Waals surface area contributed by atoms with Crippen LogP contribution in [0.3, 0.4) is 0 Å². The van der Waals surface area contributed by atoms with E-state index in [0.717, 1.165) is 16.9 Å². The normalized spacial score (nSPS) is 10.2. The third kappa shape index (κ3) is 4.34. The SMILES string of the molecule is COc1ccc(C)cc1CNC(=O)NC(C)C.